The first-order valence-electron chi connectivity index (χ1n) is 5.63. The van der Waals surface area contributed by atoms with Gasteiger partial charge in [0.1, 0.15) is 0 Å². The lowest BCUT2D eigenvalue weighted by Crippen LogP contribution is -2.13. The molecule has 0 aromatic heterocycles. The van der Waals surface area contributed by atoms with Crippen molar-refractivity contribution in [2.24, 2.45) is 0 Å². The molecule has 0 heterocycles. The van der Waals surface area contributed by atoms with Gasteiger partial charge in [0.15, 0.2) is 0 Å². The van der Waals surface area contributed by atoms with Crippen LogP contribution in [0.4, 0.5) is 11.4 Å². The van der Waals surface area contributed by atoms with Gasteiger partial charge in [-0.15, -0.1) is 0 Å². The minimum Gasteiger partial charge on any atom is -0.398 e. The first-order chi connectivity index (χ1) is 9.29. The smallest absolute Gasteiger partial charge is 0.262 e. The summed E-state index contributed by atoms with van der Waals surface area (Å²) >= 11 is 9.26. The summed E-state index contributed by atoms with van der Waals surface area (Å²) in [6.07, 6.45) is 0. The Hall–Kier alpha value is -1.24. The molecule has 0 saturated carbocycles. The fourth-order valence-electron chi connectivity index (χ4n) is 1.56. The highest BCUT2D eigenvalue weighted by Gasteiger charge is 2.16. The van der Waals surface area contributed by atoms with Crippen LogP contribution in [0.3, 0.4) is 0 Å². The number of nitrogen functional groups attached to an aromatic ring is 1. The fourth-order valence-corrected chi connectivity index (χ4v) is 3.45. The molecule has 106 valence electrons. The molecular weight excluding hydrogens is 364 g/mol. The summed E-state index contributed by atoms with van der Waals surface area (Å²) in [5, 5.41) is 0.308. The third-order valence-electron chi connectivity index (χ3n) is 2.74. The lowest BCUT2D eigenvalue weighted by molar-refractivity contribution is 0.601. The van der Waals surface area contributed by atoms with Crippen LogP contribution < -0.4 is 10.5 Å². The Morgan fingerprint density at radius 1 is 1.20 bits per heavy atom. The minimum atomic E-state index is -3.72. The standard InChI is InChI=1S/C13H12BrClN2O2S/c1-8-2-4-10(7-12(8)16)20(18,19)17-13-5-3-9(14)6-11(13)15/h2-7,17H,16H2,1H3. The summed E-state index contributed by atoms with van der Waals surface area (Å²) in [4.78, 5) is 0.0968. The van der Waals surface area contributed by atoms with Crippen molar-refractivity contribution in [3.8, 4) is 0 Å². The predicted octanol–water partition coefficient (Wildman–Crippen LogP) is 3.79. The molecule has 0 spiro atoms. The molecule has 0 unspecified atom stereocenters. The van der Waals surface area contributed by atoms with Crippen molar-refractivity contribution in [1.29, 1.82) is 0 Å². The van der Waals surface area contributed by atoms with E-state index >= 15 is 0 Å². The zero-order valence-electron chi connectivity index (χ0n) is 10.5. The molecule has 2 rings (SSSR count). The largest absolute Gasteiger partial charge is 0.398 e. The van der Waals surface area contributed by atoms with Gasteiger partial charge in [0.2, 0.25) is 0 Å². The van der Waals surface area contributed by atoms with Crippen LogP contribution in [0.1, 0.15) is 5.56 Å². The van der Waals surface area contributed by atoms with Crippen molar-refractivity contribution in [2.45, 2.75) is 11.8 Å². The van der Waals surface area contributed by atoms with Gasteiger partial charge in [-0.3, -0.25) is 4.72 Å². The second-order valence-corrected chi connectivity index (χ2v) is 7.25. The topological polar surface area (TPSA) is 72.2 Å². The van der Waals surface area contributed by atoms with Gasteiger partial charge in [-0.1, -0.05) is 33.6 Å². The van der Waals surface area contributed by atoms with Gasteiger partial charge in [0.25, 0.3) is 10.0 Å². The molecule has 2 aromatic rings. The van der Waals surface area contributed by atoms with E-state index in [4.69, 9.17) is 17.3 Å². The molecule has 7 heteroatoms. The second kappa shape index (κ2) is 5.63. The van der Waals surface area contributed by atoms with Gasteiger partial charge in [-0.2, -0.15) is 0 Å². The van der Waals surface area contributed by atoms with Crippen LogP contribution in [0, 0.1) is 6.92 Å². The van der Waals surface area contributed by atoms with Gasteiger partial charge in [0.05, 0.1) is 15.6 Å². The third kappa shape index (κ3) is 3.26. The van der Waals surface area contributed by atoms with Crippen molar-refractivity contribution in [2.75, 3.05) is 10.5 Å². The van der Waals surface area contributed by atoms with E-state index in [1.165, 1.54) is 12.1 Å². The predicted molar refractivity (Wildman–Crippen MR) is 85.6 cm³/mol. The van der Waals surface area contributed by atoms with Gasteiger partial charge >= 0.3 is 0 Å². The van der Waals surface area contributed by atoms with E-state index in [2.05, 4.69) is 20.7 Å². The van der Waals surface area contributed by atoms with E-state index in [0.29, 0.717) is 16.4 Å². The summed E-state index contributed by atoms with van der Waals surface area (Å²) in [6.45, 7) is 1.81. The van der Waals surface area contributed by atoms with Crippen LogP contribution >= 0.6 is 27.5 Å². The Morgan fingerprint density at radius 3 is 2.50 bits per heavy atom. The number of anilines is 2. The average molecular weight is 376 g/mol. The van der Waals surface area contributed by atoms with Gasteiger partial charge in [0, 0.05) is 10.2 Å². The molecule has 0 fully saturated rings. The zero-order valence-corrected chi connectivity index (χ0v) is 13.7. The number of hydrogen-bond donors (Lipinski definition) is 2. The van der Waals surface area contributed by atoms with Gasteiger partial charge < -0.3 is 5.73 Å². The first kappa shape index (κ1) is 15.2. The van der Waals surface area contributed by atoms with E-state index in [-0.39, 0.29) is 4.90 Å². The van der Waals surface area contributed by atoms with Crippen LogP contribution in [-0.2, 0) is 10.0 Å². The maximum atomic E-state index is 12.3. The highest BCUT2D eigenvalue weighted by molar-refractivity contribution is 9.10. The number of sulfonamides is 1. The first-order valence-corrected chi connectivity index (χ1v) is 8.29. The lowest BCUT2D eigenvalue weighted by Gasteiger charge is -2.11. The molecule has 0 radical (unpaired) electrons. The Morgan fingerprint density at radius 2 is 1.90 bits per heavy atom. The summed E-state index contributed by atoms with van der Waals surface area (Å²) in [7, 11) is -3.72. The molecule has 20 heavy (non-hydrogen) atoms. The number of hydrogen-bond acceptors (Lipinski definition) is 3. The summed E-state index contributed by atoms with van der Waals surface area (Å²) in [5.41, 5.74) is 7.30. The number of halogens is 2. The van der Waals surface area contributed by atoms with Crippen molar-refractivity contribution < 1.29 is 8.42 Å². The second-order valence-electron chi connectivity index (χ2n) is 4.25. The van der Waals surface area contributed by atoms with E-state index in [0.717, 1.165) is 10.0 Å². The highest BCUT2D eigenvalue weighted by atomic mass is 79.9. The van der Waals surface area contributed by atoms with Crippen molar-refractivity contribution in [3.05, 3.63) is 51.5 Å². The molecule has 0 atom stereocenters. The van der Waals surface area contributed by atoms with Crippen LogP contribution in [-0.4, -0.2) is 8.42 Å². The Kier molecular flexibility index (Phi) is 4.27. The molecular formula is C13H12BrClN2O2S. The maximum Gasteiger partial charge on any atom is 0.262 e. The number of nitrogens with one attached hydrogen (secondary N) is 1. The highest BCUT2D eigenvalue weighted by Crippen LogP contribution is 2.28. The van der Waals surface area contributed by atoms with Crippen LogP contribution in [0.25, 0.3) is 0 Å². The Balaban J connectivity index is 2.38. The van der Waals surface area contributed by atoms with Crippen molar-refractivity contribution >= 4 is 48.9 Å². The number of aryl methyl sites for hydroxylation is 1. The van der Waals surface area contributed by atoms with E-state index in [1.54, 1.807) is 24.3 Å². The molecule has 2 aromatic carbocycles. The van der Waals surface area contributed by atoms with Crippen LogP contribution in [0.15, 0.2) is 45.8 Å². The molecule has 0 saturated heterocycles. The van der Waals surface area contributed by atoms with E-state index in [9.17, 15) is 8.42 Å². The molecule has 0 aliphatic carbocycles. The minimum absolute atomic E-state index is 0.0968. The summed E-state index contributed by atoms with van der Waals surface area (Å²) in [6, 6.07) is 9.48. The Bertz CT molecular complexity index is 763. The van der Waals surface area contributed by atoms with E-state index < -0.39 is 10.0 Å². The SMILES string of the molecule is Cc1ccc(S(=O)(=O)Nc2ccc(Br)cc2Cl)cc1N. The normalized spacial score (nSPS) is 11.3. The van der Waals surface area contributed by atoms with Gasteiger partial charge in [-0.25, -0.2) is 8.42 Å². The Labute approximate surface area is 131 Å². The summed E-state index contributed by atoms with van der Waals surface area (Å²) < 4.78 is 27.7. The number of benzene rings is 2. The van der Waals surface area contributed by atoms with Crippen LogP contribution in [0.5, 0.6) is 0 Å². The third-order valence-corrected chi connectivity index (χ3v) is 4.91. The zero-order chi connectivity index (χ0) is 14.9. The number of rotatable bonds is 3. The van der Waals surface area contributed by atoms with Crippen molar-refractivity contribution in [3.63, 3.8) is 0 Å². The molecule has 4 nitrogen and oxygen atoms in total. The van der Waals surface area contributed by atoms with Crippen molar-refractivity contribution in [1.82, 2.24) is 0 Å². The molecule has 0 bridgehead atoms. The van der Waals surface area contributed by atoms with E-state index in [1.807, 2.05) is 6.92 Å². The molecule has 0 aliphatic rings. The summed E-state index contributed by atoms with van der Waals surface area (Å²) in [5.74, 6) is 0. The quantitative estimate of drug-likeness (QED) is 0.802. The molecule has 3 N–H and O–H groups in total. The maximum absolute atomic E-state index is 12.3. The fraction of sp³-hybridized carbons (Fsp3) is 0.0769. The monoisotopic (exact) mass is 374 g/mol. The number of nitrogens with two attached hydrogens (primary N) is 1. The lowest BCUT2D eigenvalue weighted by atomic mass is 10.2. The molecule has 0 aliphatic heterocycles. The average Bonchev–Trinajstić information content (AvgIpc) is 2.36. The van der Waals surface area contributed by atoms with Gasteiger partial charge in [-0.05, 0) is 42.8 Å². The molecule has 0 amide bonds. The van der Waals surface area contributed by atoms with Crippen LogP contribution in [0.2, 0.25) is 5.02 Å².